The molecule has 12 nitrogen and oxygen atoms in total. The highest BCUT2D eigenvalue weighted by molar-refractivity contribution is 7.89. The van der Waals surface area contributed by atoms with Crippen LogP contribution in [0.5, 0.6) is 0 Å². The van der Waals surface area contributed by atoms with Crippen LogP contribution in [0.1, 0.15) is 64.0 Å². The van der Waals surface area contributed by atoms with E-state index in [9.17, 15) is 22.4 Å². The Balaban J connectivity index is 1.59. The van der Waals surface area contributed by atoms with Crippen molar-refractivity contribution in [3.8, 4) is 0 Å². The van der Waals surface area contributed by atoms with Crippen molar-refractivity contribution in [1.82, 2.24) is 29.6 Å². The number of likely N-dealkylation sites (tertiary alicyclic amines) is 1. The molecular formula is C25H38FN7O5S. The summed E-state index contributed by atoms with van der Waals surface area (Å²) < 4.78 is 45.1. The van der Waals surface area contributed by atoms with Crippen molar-refractivity contribution in [2.75, 3.05) is 39.0 Å². The lowest BCUT2D eigenvalue weighted by molar-refractivity contribution is -0.130. The van der Waals surface area contributed by atoms with Crippen molar-refractivity contribution < 1.29 is 26.9 Å². The highest BCUT2D eigenvalue weighted by Gasteiger charge is 2.42. The van der Waals surface area contributed by atoms with E-state index < -0.39 is 44.9 Å². The van der Waals surface area contributed by atoms with Crippen LogP contribution >= 0.6 is 0 Å². The van der Waals surface area contributed by atoms with Crippen LogP contribution in [0.25, 0.3) is 0 Å². The number of hydrogen-bond donors (Lipinski definition) is 2. The Morgan fingerprint density at radius 1 is 1.23 bits per heavy atom. The van der Waals surface area contributed by atoms with Crippen LogP contribution in [0.2, 0.25) is 0 Å². The summed E-state index contributed by atoms with van der Waals surface area (Å²) in [6, 6.07) is 2.01. The van der Waals surface area contributed by atoms with E-state index in [2.05, 4.69) is 25.8 Å². The summed E-state index contributed by atoms with van der Waals surface area (Å²) in [6.45, 7) is 9.55. The summed E-state index contributed by atoms with van der Waals surface area (Å²) >= 11 is 0. The van der Waals surface area contributed by atoms with Gasteiger partial charge < -0.3 is 20.1 Å². The number of nitrogens with zero attached hydrogens (tertiary/aromatic N) is 5. The molecule has 1 fully saturated rings. The summed E-state index contributed by atoms with van der Waals surface area (Å²) in [5.41, 5.74) is -1.02. The van der Waals surface area contributed by atoms with Gasteiger partial charge in [0, 0.05) is 44.2 Å². The molecule has 1 amide bonds. The second-order valence-corrected chi connectivity index (χ2v) is 13.3. The first-order valence-electron chi connectivity index (χ1n) is 12.8. The van der Waals surface area contributed by atoms with Crippen LogP contribution in [-0.2, 0) is 20.2 Å². The van der Waals surface area contributed by atoms with Gasteiger partial charge in [-0.05, 0) is 32.4 Å². The number of amides is 1. The average Bonchev–Trinajstić information content (AvgIpc) is 3.54. The molecule has 0 saturated carbocycles. The lowest BCUT2D eigenvalue weighted by Crippen LogP contribution is -2.51. The molecule has 0 aliphatic carbocycles. The standard InChI is InChI=1S/C25H38FN7O5S/c1-8-24(2,3)23-30-22(31-38-23)21(35)18-11-16(26)14-33(18)20(34)13-29-25(4,5)15-28-19-10-9-17(12-27-19)39(36,37)32(6)7/h9-10,12,16,18,29H,8,11,13-15H2,1-7H3,(H,27,28)/t16-,18?/m0/s1. The number of anilines is 1. The van der Waals surface area contributed by atoms with Crippen molar-refractivity contribution >= 4 is 27.5 Å². The number of ketones is 1. The van der Waals surface area contributed by atoms with Gasteiger partial charge in [0.15, 0.2) is 0 Å². The molecule has 2 N–H and O–H groups in total. The van der Waals surface area contributed by atoms with Gasteiger partial charge in [-0.25, -0.2) is 22.1 Å². The number of aromatic nitrogens is 3. The predicted octanol–water partition coefficient (Wildman–Crippen LogP) is 2.00. The average molecular weight is 568 g/mol. The molecule has 0 bridgehead atoms. The van der Waals surface area contributed by atoms with Gasteiger partial charge >= 0.3 is 0 Å². The first-order valence-corrected chi connectivity index (χ1v) is 14.2. The van der Waals surface area contributed by atoms with E-state index in [1.807, 2.05) is 34.6 Å². The molecule has 1 saturated heterocycles. The molecule has 39 heavy (non-hydrogen) atoms. The van der Waals surface area contributed by atoms with Crippen molar-refractivity contribution in [3.63, 3.8) is 0 Å². The van der Waals surface area contributed by atoms with E-state index in [1.165, 1.54) is 31.3 Å². The van der Waals surface area contributed by atoms with E-state index in [4.69, 9.17) is 4.52 Å². The fourth-order valence-corrected chi connectivity index (χ4v) is 4.69. The minimum Gasteiger partial charge on any atom is -0.368 e. The first kappa shape index (κ1) is 30.6. The highest BCUT2D eigenvalue weighted by atomic mass is 32.2. The Morgan fingerprint density at radius 2 is 1.92 bits per heavy atom. The number of carbonyl (C=O) groups excluding carboxylic acids is 2. The SMILES string of the molecule is CCC(C)(C)c1nc(C(=O)C2C[C@H](F)CN2C(=O)CNC(C)(C)CNc2ccc(S(=O)(=O)N(C)C)cn2)no1. The number of alkyl halides is 1. The summed E-state index contributed by atoms with van der Waals surface area (Å²) in [7, 11) is -0.689. The van der Waals surface area contributed by atoms with E-state index in [-0.39, 0.29) is 30.2 Å². The first-order chi connectivity index (χ1) is 18.1. The quantitative estimate of drug-likeness (QED) is 0.365. The van der Waals surface area contributed by atoms with Gasteiger partial charge in [-0.3, -0.25) is 9.59 Å². The number of carbonyl (C=O) groups is 2. The Hall–Kier alpha value is -2.97. The van der Waals surface area contributed by atoms with E-state index >= 15 is 0 Å². The Kier molecular flexibility index (Phi) is 9.13. The third-order valence-electron chi connectivity index (χ3n) is 6.93. The lowest BCUT2D eigenvalue weighted by atomic mass is 9.90. The molecule has 1 unspecified atom stereocenters. The smallest absolute Gasteiger partial charge is 0.244 e. The summed E-state index contributed by atoms with van der Waals surface area (Å²) in [4.78, 5) is 35.8. The van der Waals surface area contributed by atoms with Gasteiger partial charge in [0.25, 0.3) is 0 Å². The number of hydrogen-bond acceptors (Lipinski definition) is 10. The van der Waals surface area contributed by atoms with Crippen LogP contribution in [0, 0.1) is 0 Å². The van der Waals surface area contributed by atoms with Crippen LogP contribution in [0.15, 0.2) is 27.7 Å². The lowest BCUT2D eigenvalue weighted by Gasteiger charge is -2.29. The Labute approximate surface area is 228 Å². The maximum Gasteiger partial charge on any atom is 0.244 e. The minimum atomic E-state index is -3.58. The van der Waals surface area contributed by atoms with Crippen molar-refractivity contribution in [3.05, 3.63) is 30.0 Å². The van der Waals surface area contributed by atoms with Crippen LogP contribution in [0.3, 0.4) is 0 Å². The zero-order chi connectivity index (χ0) is 29.2. The summed E-state index contributed by atoms with van der Waals surface area (Å²) in [6.07, 6.45) is 0.540. The molecule has 2 atom stereocenters. The second kappa shape index (κ2) is 11.6. The van der Waals surface area contributed by atoms with Crippen LogP contribution < -0.4 is 10.6 Å². The highest BCUT2D eigenvalue weighted by Crippen LogP contribution is 2.27. The van der Waals surface area contributed by atoms with Crippen molar-refractivity contribution in [2.45, 2.75) is 75.5 Å². The van der Waals surface area contributed by atoms with E-state index in [0.717, 1.165) is 10.7 Å². The van der Waals surface area contributed by atoms with Crippen molar-refractivity contribution in [2.24, 2.45) is 0 Å². The number of Topliss-reactive ketones (excluding diaryl/α,β-unsaturated/α-hetero) is 1. The maximum atomic E-state index is 14.4. The number of nitrogens with one attached hydrogen (secondary N) is 2. The minimum absolute atomic E-state index is 0.0769. The monoisotopic (exact) mass is 567 g/mol. The molecule has 3 heterocycles. The van der Waals surface area contributed by atoms with Gasteiger partial charge in [-0.2, -0.15) is 4.98 Å². The molecule has 0 aromatic carbocycles. The Bertz CT molecular complexity index is 1280. The molecule has 216 valence electrons. The third kappa shape index (κ3) is 7.17. The normalized spacial score (nSPS) is 18.5. The largest absolute Gasteiger partial charge is 0.368 e. The molecule has 2 aromatic rings. The summed E-state index contributed by atoms with van der Waals surface area (Å²) in [5.74, 6) is -0.337. The molecule has 1 aliphatic heterocycles. The number of rotatable bonds is 12. The fraction of sp³-hybridized carbons (Fsp3) is 0.640. The fourth-order valence-electron chi connectivity index (χ4n) is 3.85. The number of sulfonamides is 1. The van der Waals surface area contributed by atoms with E-state index in [1.54, 1.807) is 6.07 Å². The molecule has 3 rings (SSSR count). The third-order valence-corrected chi connectivity index (χ3v) is 8.73. The zero-order valence-electron chi connectivity index (χ0n) is 23.5. The van der Waals surface area contributed by atoms with E-state index in [0.29, 0.717) is 18.3 Å². The van der Waals surface area contributed by atoms with Gasteiger partial charge in [-0.1, -0.05) is 25.9 Å². The predicted molar refractivity (Wildman–Crippen MR) is 143 cm³/mol. The van der Waals surface area contributed by atoms with Crippen LogP contribution in [-0.4, -0.2) is 95.9 Å². The number of halogens is 1. The molecule has 0 spiro atoms. The maximum absolute atomic E-state index is 14.4. The topological polar surface area (TPSA) is 151 Å². The zero-order valence-corrected chi connectivity index (χ0v) is 24.3. The summed E-state index contributed by atoms with van der Waals surface area (Å²) in [5, 5.41) is 10.0. The molecule has 2 aromatic heterocycles. The molecular weight excluding hydrogens is 529 g/mol. The second-order valence-electron chi connectivity index (χ2n) is 11.2. The molecule has 1 aliphatic rings. The van der Waals surface area contributed by atoms with Crippen molar-refractivity contribution in [1.29, 1.82) is 0 Å². The van der Waals surface area contributed by atoms with Crippen LogP contribution in [0.4, 0.5) is 10.2 Å². The Morgan fingerprint density at radius 3 is 2.51 bits per heavy atom. The molecule has 14 heteroatoms. The number of pyridine rings is 1. The van der Waals surface area contributed by atoms with Gasteiger partial charge in [-0.15, -0.1) is 0 Å². The molecule has 0 radical (unpaired) electrons. The van der Waals surface area contributed by atoms with Gasteiger partial charge in [0.05, 0.1) is 13.1 Å². The van der Waals surface area contributed by atoms with Gasteiger partial charge in [0.2, 0.25) is 33.4 Å². The van der Waals surface area contributed by atoms with Gasteiger partial charge in [0.1, 0.15) is 22.9 Å².